The van der Waals surface area contributed by atoms with E-state index >= 15 is 0 Å². The number of hydrogen-bond acceptors (Lipinski definition) is 3. The van der Waals surface area contributed by atoms with Crippen LogP contribution < -0.4 is 10.2 Å². The summed E-state index contributed by atoms with van der Waals surface area (Å²) in [5.74, 6) is -0.0430. The van der Waals surface area contributed by atoms with Gasteiger partial charge in [-0.1, -0.05) is 30.1 Å². The third kappa shape index (κ3) is 4.97. The molecule has 1 aliphatic heterocycles. The molecule has 0 atom stereocenters. The Morgan fingerprint density at radius 3 is 2.29 bits per heavy atom. The van der Waals surface area contributed by atoms with Crippen molar-refractivity contribution in [2.24, 2.45) is 0 Å². The minimum absolute atomic E-state index is 0.237. The van der Waals surface area contributed by atoms with Crippen LogP contribution in [0.1, 0.15) is 30.1 Å². The number of benzene rings is 2. The van der Waals surface area contributed by atoms with Crippen LogP contribution in [0.15, 0.2) is 42.5 Å². The molecule has 28 heavy (non-hydrogen) atoms. The number of carbonyl (C=O) groups excluding carboxylic acids is 2. The molecular formula is C21H23Cl2N3O2. The fourth-order valence-electron chi connectivity index (χ4n) is 3.21. The molecule has 0 unspecified atom stereocenters. The Hall–Kier alpha value is -2.24. The SMILES string of the molecule is CCCC(=O)N1CCN(c2ccc(NC(=O)c3ccc(Cl)cc3Cl)cc2)CC1. The van der Waals surface area contributed by atoms with Crippen LogP contribution in [0.2, 0.25) is 10.0 Å². The molecule has 7 heteroatoms. The maximum absolute atomic E-state index is 12.4. The summed E-state index contributed by atoms with van der Waals surface area (Å²) in [6.07, 6.45) is 1.50. The van der Waals surface area contributed by atoms with Gasteiger partial charge in [0.1, 0.15) is 0 Å². The fourth-order valence-corrected chi connectivity index (χ4v) is 3.71. The van der Waals surface area contributed by atoms with Gasteiger partial charge in [0.25, 0.3) is 5.91 Å². The van der Waals surface area contributed by atoms with Crippen LogP contribution in [0.5, 0.6) is 0 Å². The number of halogens is 2. The standard InChI is InChI=1S/C21H23Cl2N3O2/c1-2-3-20(27)26-12-10-25(11-13-26)17-7-5-16(6-8-17)24-21(28)18-9-4-15(22)14-19(18)23/h4-9,14H,2-3,10-13H2,1H3,(H,24,28). The number of hydrogen-bond donors (Lipinski definition) is 1. The molecule has 2 aromatic carbocycles. The molecule has 0 aromatic heterocycles. The number of carbonyl (C=O) groups is 2. The molecule has 0 bridgehead atoms. The van der Waals surface area contributed by atoms with Crippen LogP contribution in [0, 0.1) is 0 Å². The van der Waals surface area contributed by atoms with E-state index in [1.165, 1.54) is 0 Å². The first kappa shape index (κ1) is 20.5. The second kappa shape index (κ2) is 9.30. The van der Waals surface area contributed by atoms with Crippen molar-refractivity contribution in [1.82, 2.24) is 4.90 Å². The van der Waals surface area contributed by atoms with Crippen LogP contribution in [0.25, 0.3) is 0 Å². The van der Waals surface area contributed by atoms with Gasteiger partial charge in [-0.2, -0.15) is 0 Å². The Kier molecular flexibility index (Phi) is 6.81. The highest BCUT2D eigenvalue weighted by Gasteiger charge is 2.20. The van der Waals surface area contributed by atoms with Crippen LogP contribution in [-0.4, -0.2) is 42.9 Å². The molecule has 5 nitrogen and oxygen atoms in total. The summed E-state index contributed by atoms with van der Waals surface area (Å²) in [5.41, 5.74) is 2.14. The van der Waals surface area contributed by atoms with Gasteiger partial charge in [0.15, 0.2) is 0 Å². The number of nitrogens with zero attached hydrogens (tertiary/aromatic N) is 2. The Bertz CT molecular complexity index is 847. The highest BCUT2D eigenvalue weighted by Crippen LogP contribution is 2.23. The normalized spacial score (nSPS) is 14.1. The van der Waals surface area contributed by atoms with Crippen molar-refractivity contribution in [2.45, 2.75) is 19.8 Å². The number of rotatable bonds is 5. The van der Waals surface area contributed by atoms with E-state index in [1.54, 1.807) is 18.2 Å². The second-order valence-corrected chi connectivity index (χ2v) is 7.59. The minimum atomic E-state index is -0.280. The lowest BCUT2D eigenvalue weighted by Gasteiger charge is -2.36. The maximum Gasteiger partial charge on any atom is 0.257 e. The maximum atomic E-state index is 12.4. The Morgan fingerprint density at radius 1 is 1.00 bits per heavy atom. The van der Waals surface area contributed by atoms with E-state index < -0.39 is 0 Å². The van der Waals surface area contributed by atoms with Crippen molar-refractivity contribution in [3.05, 3.63) is 58.1 Å². The molecule has 148 valence electrons. The molecule has 1 fully saturated rings. The third-order valence-corrected chi connectivity index (χ3v) is 5.31. The quantitative estimate of drug-likeness (QED) is 0.764. The summed E-state index contributed by atoms with van der Waals surface area (Å²) in [5, 5.41) is 3.65. The average Bonchev–Trinajstić information content (AvgIpc) is 2.69. The smallest absolute Gasteiger partial charge is 0.257 e. The molecule has 0 aliphatic carbocycles. The average molecular weight is 420 g/mol. The molecule has 2 amide bonds. The van der Waals surface area contributed by atoms with Crippen molar-refractivity contribution in [3.63, 3.8) is 0 Å². The number of anilines is 2. The summed E-state index contributed by atoms with van der Waals surface area (Å²) >= 11 is 12.0. The fraction of sp³-hybridized carbons (Fsp3) is 0.333. The van der Waals surface area contributed by atoms with E-state index in [4.69, 9.17) is 23.2 Å². The van der Waals surface area contributed by atoms with Gasteiger partial charge in [0, 0.05) is 49.0 Å². The lowest BCUT2D eigenvalue weighted by molar-refractivity contribution is -0.131. The van der Waals surface area contributed by atoms with Crippen LogP contribution in [0.3, 0.4) is 0 Å². The first-order chi connectivity index (χ1) is 13.5. The molecule has 1 heterocycles. The predicted octanol–water partition coefficient (Wildman–Crippen LogP) is 4.69. The lowest BCUT2D eigenvalue weighted by atomic mass is 10.2. The van der Waals surface area contributed by atoms with Crippen LogP contribution in [0.4, 0.5) is 11.4 Å². The molecule has 3 rings (SSSR count). The molecule has 0 saturated carbocycles. The Morgan fingerprint density at radius 2 is 1.68 bits per heavy atom. The van der Waals surface area contributed by atoms with E-state index in [1.807, 2.05) is 36.1 Å². The molecule has 2 aromatic rings. The van der Waals surface area contributed by atoms with E-state index in [-0.39, 0.29) is 11.8 Å². The van der Waals surface area contributed by atoms with Gasteiger partial charge in [-0.25, -0.2) is 0 Å². The minimum Gasteiger partial charge on any atom is -0.368 e. The Balaban J connectivity index is 1.58. The predicted molar refractivity (Wildman–Crippen MR) is 115 cm³/mol. The lowest BCUT2D eigenvalue weighted by Crippen LogP contribution is -2.48. The third-order valence-electron chi connectivity index (χ3n) is 4.76. The first-order valence-corrected chi connectivity index (χ1v) is 10.1. The van der Waals surface area contributed by atoms with E-state index in [0.29, 0.717) is 27.7 Å². The van der Waals surface area contributed by atoms with E-state index in [0.717, 1.165) is 38.3 Å². The van der Waals surface area contributed by atoms with E-state index in [2.05, 4.69) is 10.2 Å². The van der Waals surface area contributed by atoms with Crippen molar-refractivity contribution in [3.8, 4) is 0 Å². The zero-order chi connectivity index (χ0) is 20.1. The van der Waals surface area contributed by atoms with Crippen molar-refractivity contribution in [1.29, 1.82) is 0 Å². The zero-order valence-corrected chi connectivity index (χ0v) is 17.3. The molecule has 1 aliphatic rings. The van der Waals surface area contributed by atoms with E-state index in [9.17, 15) is 9.59 Å². The summed E-state index contributed by atoms with van der Waals surface area (Å²) in [7, 11) is 0. The largest absolute Gasteiger partial charge is 0.368 e. The molecule has 1 saturated heterocycles. The summed E-state index contributed by atoms with van der Waals surface area (Å²) in [6.45, 7) is 5.12. The van der Waals surface area contributed by atoms with Gasteiger partial charge in [-0.05, 0) is 48.9 Å². The first-order valence-electron chi connectivity index (χ1n) is 9.37. The van der Waals surface area contributed by atoms with Gasteiger partial charge >= 0.3 is 0 Å². The molecular weight excluding hydrogens is 397 g/mol. The molecule has 0 spiro atoms. The zero-order valence-electron chi connectivity index (χ0n) is 15.8. The number of piperazine rings is 1. The van der Waals surface area contributed by atoms with Crippen molar-refractivity contribution < 1.29 is 9.59 Å². The highest BCUT2D eigenvalue weighted by atomic mass is 35.5. The van der Waals surface area contributed by atoms with Gasteiger partial charge in [0.2, 0.25) is 5.91 Å². The van der Waals surface area contributed by atoms with Gasteiger partial charge in [0.05, 0.1) is 10.6 Å². The highest BCUT2D eigenvalue weighted by molar-refractivity contribution is 6.37. The topological polar surface area (TPSA) is 52.7 Å². The summed E-state index contributed by atoms with van der Waals surface area (Å²) < 4.78 is 0. The molecule has 1 N–H and O–H groups in total. The van der Waals surface area contributed by atoms with Crippen LogP contribution >= 0.6 is 23.2 Å². The van der Waals surface area contributed by atoms with Gasteiger partial charge in [-0.15, -0.1) is 0 Å². The summed E-state index contributed by atoms with van der Waals surface area (Å²) in [4.78, 5) is 28.6. The second-order valence-electron chi connectivity index (χ2n) is 6.74. The van der Waals surface area contributed by atoms with Gasteiger partial charge in [-0.3, -0.25) is 9.59 Å². The monoisotopic (exact) mass is 419 g/mol. The van der Waals surface area contributed by atoms with Crippen molar-refractivity contribution in [2.75, 3.05) is 36.4 Å². The van der Waals surface area contributed by atoms with Crippen molar-refractivity contribution >= 4 is 46.4 Å². The number of nitrogens with one attached hydrogen (secondary N) is 1. The molecule has 0 radical (unpaired) electrons. The Labute approximate surface area is 175 Å². The van der Waals surface area contributed by atoms with Crippen LogP contribution in [-0.2, 0) is 4.79 Å². The summed E-state index contributed by atoms with van der Waals surface area (Å²) in [6, 6.07) is 12.5. The number of amides is 2. The van der Waals surface area contributed by atoms with Gasteiger partial charge < -0.3 is 15.1 Å².